The summed E-state index contributed by atoms with van der Waals surface area (Å²) in [6, 6.07) is 4.08. The van der Waals surface area contributed by atoms with Crippen LogP contribution in [-0.4, -0.2) is 38.7 Å². The lowest BCUT2D eigenvalue weighted by atomic mass is 9.96. The van der Waals surface area contributed by atoms with Gasteiger partial charge in [-0.05, 0) is 50.3 Å². The molecule has 1 saturated heterocycles. The highest BCUT2D eigenvalue weighted by Gasteiger charge is 2.22. The van der Waals surface area contributed by atoms with Gasteiger partial charge < -0.3 is 10.0 Å². The Balaban J connectivity index is 1.89. The summed E-state index contributed by atoms with van der Waals surface area (Å²) < 4.78 is 15.0. The molecular formula is C18H22FN3O3. The number of hydrogen-bond donors (Lipinski definition) is 1. The van der Waals surface area contributed by atoms with E-state index in [9.17, 15) is 14.0 Å². The van der Waals surface area contributed by atoms with E-state index in [0.717, 1.165) is 19.3 Å². The molecule has 1 unspecified atom stereocenters. The molecule has 3 rings (SSSR count). The maximum absolute atomic E-state index is 13.4. The van der Waals surface area contributed by atoms with Gasteiger partial charge in [0.2, 0.25) is 0 Å². The van der Waals surface area contributed by atoms with E-state index in [-0.39, 0.29) is 11.5 Å². The standard InChI is InChI=1S/C18H22FN3O3/c1-2-22-16(10-12-4-3-8-21(9-7-12)18(24)25)20-15-6-5-13(19)11-14(15)17(22)23/h5-6,11-12H,2-4,7-10H2,1H3,(H,24,25). The Morgan fingerprint density at radius 1 is 1.36 bits per heavy atom. The van der Waals surface area contributed by atoms with Gasteiger partial charge in [-0.25, -0.2) is 14.2 Å². The number of carboxylic acid groups (broad SMARTS) is 1. The lowest BCUT2D eigenvalue weighted by Crippen LogP contribution is -2.30. The third kappa shape index (κ3) is 3.65. The van der Waals surface area contributed by atoms with Crippen molar-refractivity contribution in [2.45, 2.75) is 39.2 Å². The first-order chi connectivity index (χ1) is 12.0. The third-order valence-corrected chi connectivity index (χ3v) is 4.90. The Morgan fingerprint density at radius 2 is 2.16 bits per heavy atom. The second-order valence-electron chi connectivity index (χ2n) is 6.51. The molecule has 25 heavy (non-hydrogen) atoms. The molecule has 1 N–H and O–H groups in total. The number of halogens is 1. The van der Waals surface area contributed by atoms with Crippen LogP contribution < -0.4 is 5.56 Å². The molecule has 7 heteroatoms. The molecule has 2 aromatic rings. The molecule has 0 saturated carbocycles. The number of aromatic nitrogens is 2. The lowest BCUT2D eigenvalue weighted by Gasteiger charge is -2.18. The maximum atomic E-state index is 13.4. The van der Waals surface area contributed by atoms with Crippen molar-refractivity contribution >= 4 is 17.0 Å². The molecule has 0 radical (unpaired) electrons. The molecule has 2 heterocycles. The zero-order valence-corrected chi connectivity index (χ0v) is 14.2. The second-order valence-corrected chi connectivity index (χ2v) is 6.51. The molecular weight excluding hydrogens is 325 g/mol. The number of amides is 1. The summed E-state index contributed by atoms with van der Waals surface area (Å²) in [5, 5.41) is 9.43. The smallest absolute Gasteiger partial charge is 0.407 e. The number of rotatable bonds is 3. The Hall–Kier alpha value is -2.44. The molecule has 0 bridgehead atoms. The fourth-order valence-electron chi connectivity index (χ4n) is 3.54. The average molecular weight is 347 g/mol. The minimum absolute atomic E-state index is 0.220. The van der Waals surface area contributed by atoms with Gasteiger partial charge in [0.25, 0.3) is 5.56 Å². The summed E-state index contributed by atoms with van der Waals surface area (Å²) in [5.74, 6) is 0.534. The largest absolute Gasteiger partial charge is 0.465 e. The van der Waals surface area contributed by atoms with E-state index in [1.54, 1.807) is 4.57 Å². The molecule has 1 atom stereocenters. The molecule has 1 amide bonds. The topological polar surface area (TPSA) is 75.4 Å². The molecule has 0 spiro atoms. The molecule has 6 nitrogen and oxygen atoms in total. The third-order valence-electron chi connectivity index (χ3n) is 4.90. The second kappa shape index (κ2) is 7.21. The van der Waals surface area contributed by atoms with Gasteiger partial charge in [0.1, 0.15) is 11.6 Å². The number of carbonyl (C=O) groups is 1. The van der Waals surface area contributed by atoms with Crippen LogP contribution in [0.15, 0.2) is 23.0 Å². The Bertz CT molecular complexity index is 849. The summed E-state index contributed by atoms with van der Waals surface area (Å²) in [5.41, 5.74) is 0.287. The highest BCUT2D eigenvalue weighted by atomic mass is 19.1. The minimum atomic E-state index is -0.878. The Kier molecular flexibility index (Phi) is 5.01. The van der Waals surface area contributed by atoms with Crippen LogP contribution in [0.2, 0.25) is 0 Å². The molecule has 1 aliphatic heterocycles. The van der Waals surface area contributed by atoms with Crippen LogP contribution in [0.3, 0.4) is 0 Å². The molecule has 0 aliphatic carbocycles. The van der Waals surface area contributed by atoms with Crippen LogP contribution in [-0.2, 0) is 13.0 Å². The number of benzene rings is 1. The van der Waals surface area contributed by atoms with E-state index in [2.05, 4.69) is 4.98 Å². The lowest BCUT2D eigenvalue weighted by molar-refractivity contribution is 0.146. The summed E-state index contributed by atoms with van der Waals surface area (Å²) in [6.07, 6.45) is 2.23. The van der Waals surface area contributed by atoms with Crippen LogP contribution in [0.1, 0.15) is 32.0 Å². The number of nitrogens with zero attached hydrogens (tertiary/aromatic N) is 3. The molecule has 1 aromatic heterocycles. The van der Waals surface area contributed by atoms with E-state index in [0.29, 0.717) is 42.8 Å². The van der Waals surface area contributed by atoms with Gasteiger partial charge in [-0.3, -0.25) is 9.36 Å². The maximum Gasteiger partial charge on any atom is 0.407 e. The normalized spacial score (nSPS) is 18.3. The van der Waals surface area contributed by atoms with Crippen molar-refractivity contribution in [1.29, 1.82) is 0 Å². The van der Waals surface area contributed by atoms with Crippen molar-refractivity contribution in [3.8, 4) is 0 Å². The van der Waals surface area contributed by atoms with E-state index in [4.69, 9.17) is 5.11 Å². The van der Waals surface area contributed by atoms with Gasteiger partial charge in [0, 0.05) is 26.1 Å². The van der Waals surface area contributed by atoms with Gasteiger partial charge in [-0.2, -0.15) is 0 Å². The summed E-state index contributed by atoms with van der Waals surface area (Å²) >= 11 is 0. The SMILES string of the molecule is CCn1c(CC2CCCN(C(=O)O)CC2)nc2ccc(F)cc2c1=O. The monoisotopic (exact) mass is 347 g/mol. The van der Waals surface area contributed by atoms with Gasteiger partial charge in [0.05, 0.1) is 10.9 Å². The van der Waals surface area contributed by atoms with Crippen molar-refractivity contribution in [2.75, 3.05) is 13.1 Å². The predicted octanol–water partition coefficient (Wildman–Crippen LogP) is 2.88. The van der Waals surface area contributed by atoms with Crippen LogP contribution in [0, 0.1) is 11.7 Å². The zero-order chi connectivity index (χ0) is 18.0. The quantitative estimate of drug-likeness (QED) is 0.926. The first-order valence-electron chi connectivity index (χ1n) is 8.66. The van der Waals surface area contributed by atoms with Crippen molar-refractivity contribution in [3.63, 3.8) is 0 Å². The highest BCUT2D eigenvalue weighted by molar-refractivity contribution is 5.77. The summed E-state index contributed by atoms with van der Waals surface area (Å²) in [7, 11) is 0. The van der Waals surface area contributed by atoms with Crippen molar-refractivity contribution in [2.24, 2.45) is 5.92 Å². The molecule has 1 aromatic carbocycles. The van der Waals surface area contributed by atoms with E-state index in [1.807, 2.05) is 6.92 Å². The first kappa shape index (κ1) is 17.4. The van der Waals surface area contributed by atoms with E-state index in [1.165, 1.54) is 23.1 Å². The van der Waals surface area contributed by atoms with Gasteiger partial charge in [-0.1, -0.05) is 0 Å². The van der Waals surface area contributed by atoms with Crippen LogP contribution in [0.25, 0.3) is 10.9 Å². The number of fused-ring (bicyclic) bond motifs is 1. The summed E-state index contributed by atoms with van der Waals surface area (Å²) in [6.45, 7) is 3.41. The van der Waals surface area contributed by atoms with Gasteiger partial charge in [0.15, 0.2) is 0 Å². The highest BCUT2D eigenvalue weighted by Crippen LogP contribution is 2.22. The Morgan fingerprint density at radius 3 is 2.88 bits per heavy atom. The first-order valence-corrected chi connectivity index (χ1v) is 8.66. The average Bonchev–Trinajstić information content (AvgIpc) is 2.82. The number of likely N-dealkylation sites (tertiary alicyclic amines) is 1. The Labute approximate surface area is 144 Å². The molecule has 134 valence electrons. The van der Waals surface area contributed by atoms with Gasteiger partial charge >= 0.3 is 6.09 Å². The summed E-state index contributed by atoms with van der Waals surface area (Å²) in [4.78, 5) is 29.8. The van der Waals surface area contributed by atoms with Crippen LogP contribution in [0.5, 0.6) is 0 Å². The van der Waals surface area contributed by atoms with E-state index < -0.39 is 11.9 Å². The van der Waals surface area contributed by atoms with Crippen molar-refractivity contribution in [1.82, 2.24) is 14.5 Å². The van der Waals surface area contributed by atoms with E-state index >= 15 is 0 Å². The fraction of sp³-hybridized carbons (Fsp3) is 0.500. The predicted molar refractivity (Wildman–Crippen MR) is 92.3 cm³/mol. The zero-order valence-electron chi connectivity index (χ0n) is 14.2. The van der Waals surface area contributed by atoms with Crippen molar-refractivity contribution in [3.05, 3.63) is 40.2 Å². The van der Waals surface area contributed by atoms with Gasteiger partial charge in [-0.15, -0.1) is 0 Å². The minimum Gasteiger partial charge on any atom is -0.465 e. The van der Waals surface area contributed by atoms with Crippen LogP contribution >= 0.6 is 0 Å². The van der Waals surface area contributed by atoms with Crippen molar-refractivity contribution < 1.29 is 14.3 Å². The fourth-order valence-corrected chi connectivity index (χ4v) is 3.54. The molecule has 1 fully saturated rings. The number of hydrogen-bond acceptors (Lipinski definition) is 3. The van der Waals surface area contributed by atoms with Crippen LogP contribution in [0.4, 0.5) is 9.18 Å². The molecule has 1 aliphatic rings.